The van der Waals surface area contributed by atoms with E-state index in [4.69, 9.17) is 16.7 Å². The monoisotopic (exact) mass is 351 g/mol. The van der Waals surface area contributed by atoms with Gasteiger partial charge in [0.15, 0.2) is 0 Å². The Morgan fingerprint density at radius 3 is 2.52 bits per heavy atom. The highest BCUT2D eigenvalue weighted by molar-refractivity contribution is 8.24. The SMILES string of the molecule is CCNS(O)(Nc1cn(C)c(C(=O)O)c1Cl)OC(F)(F)F. The van der Waals surface area contributed by atoms with Crippen LogP contribution in [0, 0.1) is 0 Å². The van der Waals surface area contributed by atoms with Crippen LogP contribution in [0.5, 0.6) is 0 Å². The number of aryl methyl sites for hydroxylation is 1. The van der Waals surface area contributed by atoms with Crippen LogP contribution in [-0.2, 0) is 11.2 Å². The summed E-state index contributed by atoms with van der Waals surface area (Å²) < 4.78 is 55.7. The van der Waals surface area contributed by atoms with E-state index in [2.05, 4.69) is 13.6 Å². The lowest BCUT2D eigenvalue weighted by molar-refractivity contribution is -0.272. The van der Waals surface area contributed by atoms with Crippen LogP contribution in [0.1, 0.15) is 17.4 Å². The Balaban J connectivity index is 3.10. The molecule has 0 aliphatic carbocycles. The minimum atomic E-state index is -5.10. The molecular weight excluding hydrogens is 339 g/mol. The first kappa shape index (κ1) is 17.9. The Hall–Kier alpha value is -1.14. The maximum absolute atomic E-state index is 12.3. The van der Waals surface area contributed by atoms with Crippen LogP contribution in [0.15, 0.2) is 6.20 Å². The number of aromatic nitrogens is 1. The number of halogens is 4. The van der Waals surface area contributed by atoms with E-state index in [1.54, 1.807) is 0 Å². The van der Waals surface area contributed by atoms with Crippen molar-refractivity contribution in [1.29, 1.82) is 0 Å². The predicted octanol–water partition coefficient (Wildman–Crippen LogP) is 2.96. The summed E-state index contributed by atoms with van der Waals surface area (Å²) in [5, 5.41) is 8.58. The minimum Gasteiger partial charge on any atom is -0.477 e. The van der Waals surface area contributed by atoms with Crippen molar-refractivity contribution in [2.75, 3.05) is 11.3 Å². The van der Waals surface area contributed by atoms with E-state index in [-0.39, 0.29) is 22.9 Å². The molecule has 0 aliphatic rings. The summed E-state index contributed by atoms with van der Waals surface area (Å²) in [6.45, 7) is 1.42. The Labute approximate surface area is 124 Å². The highest BCUT2D eigenvalue weighted by Crippen LogP contribution is 2.47. The Morgan fingerprint density at radius 1 is 1.57 bits per heavy atom. The molecule has 1 aromatic heterocycles. The van der Waals surface area contributed by atoms with Crippen LogP contribution < -0.4 is 9.44 Å². The number of nitrogens with one attached hydrogen (secondary N) is 2. The standard InChI is InChI=1S/C9H13ClF3N3O4S/c1-3-14-21(19,20-9(11,12)13)15-5-4-16(2)7(6(5)10)8(17)18/h4,14-15,19H,3H2,1-2H3,(H,17,18). The molecule has 0 bridgehead atoms. The van der Waals surface area contributed by atoms with Crippen molar-refractivity contribution in [1.82, 2.24) is 9.29 Å². The maximum Gasteiger partial charge on any atom is 0.543 e. The van der Waals surface area contributed by atoms with Crippen LogP contribution in [0.4, 0.5) is 18.9 Å². The molecular formula is C9H13ClF3N3O4S. The lowest BCUT2D eigenvalue weighted by Crippen LogP contribution is -2.33. The van der Waals surface area contributed by atoms with Crippen molar-refractivity contribution in [3.63, 3.8) is 0 Å². The van der Waals surface area contributed by atoms with E-state index in [9.17, 15) is 22.5 Å². The first-order chi connectivity index (χ1) is 9.49. The molecule has 21 heavy (non-hydrogen) atoms. The third-order valence-corrected chi connectivity index (χ3v) is 4.12. The van der Waals surface area contributed by atoms with E-state index >= 15 is 0 Å². The molecule has 1 unspecified atom stereocenters. The topological polar surface area (TPSA) is 95.8 Å². The Morgan fingerprint density at radius 2 is 2.14 bits per heavy atom. The predicted molar refractivity (Wildman–Crippen MR) is 72.0 cm³/mol. The second kappa shape index (κ2) is 6.32. The van der Waals surface area contributed by atoms with Gasteiger partial charge in [0.25, 0.3) is 0 Å². The van der Waals surface area contributed by atoms with Gasteiger partial charge in [-0.05, 0) is 11.0 Å². The zero-order valence-electron chi connectivity index (χ0n) is 10.9. The number of aromatic carboxylic acids is 1. The van der Waals surface area contributed by atoms with Gasteiger partial charge < -0.3 is 9.67 Å². The molecule has 0 saturated carbocycles. The molecule has 122 valence electrons. The van der Waals surface area contributed by atoms with Crippen molar-refractivity contribution in [3.05, 3.63) is 16.9 Å². The molecule has 0 fully saturated rings. The number of carbonyl (C=O) groups is 1. The van der Waals surface area contributed by atoms with Crippen LogP contribution in [0.25, 0.3) is 0 Å². The number of carboxylic acids is 1. The average molecular weight is 352 g/mol. The van der Waals surface area contributed by atoms with Crippen molar-refractivity contribution in [2.45, 2.75) is 13.3 Å². The fourth-order valence-corrected chi connectivity index (χ4v) is 3.14. The third kappa shape index (κ3) is 4.68. The van der Waals surface area contributed by atoms with Gasteiger partial charge in [-0.15, -0.1) is 13.2 Å². The van der Waals surface area contributed by atoms with Crippen LogP contribution in [-0.4, -0.2) is 33.1 Å². The van der Waals surface area contributed by atoms with Gasteiger partial charge in [-0.2, -0.15) is 4.18 Å². The van der Waals surface area contributed by atoms with E-state index in [1.807, 2.05) is 0 Å². The smallest absolute Gasteiger partial charge is 0.477 e. The lowest BCUT2D eigenvalue weighted by atomic mass is 10.4. The molecule has 1 rings (SSSR count). The van der Waals surface area contributed by atoms with Gasteiger partial charge in [0, 0.05) is 19.8 Å². The van der Waals surface area contributed by atoms with Gasteiger partial charge in [0.05, 0.1) is 10.7 Å². The lowest BCUT2D eigenvalue weighted by Gasteiger charge is -2.38. The highest BCUT2D eigenvalue weighted by atomic mass is 35.5. The zero-order valence-corrected chi connectivity index (χ0v) is 12.4. The number of anilines is 1. The third-order valence-electron chi connectivity index (χ3n) is 2.13. The number of nitrogens with zero attached hydrogens (tertiary/aromatic N) is 1. The zero-order chi connectivity index (χ0) is 16.4. The summed E-state index contributed by atoms with van der Waals surface area (Å²) in [7, 11) is -2.63. The molecule has 0 saturated heterocycles. The summed E-state index contributed by atoms with van der Waals surface area (Å²) in [5.41, 5.74) is -0.552. The number of hydrogen-bond donors (Lipinski definition) is 4. The Bertz CT molecular complexity index is 539. The number of rotatable bonds is 6. The summed E-state index contributed by atoms with van der Waals surface area (Å²) in [6, 6.07) is 0. The normalized spacial score (nSPS) is 16.3. The van der Waals surface area contributed by atoms with Crippen LogP contribution in [0.2, 0.25) is 5.02 Å². The molecule has 1 aromatic rings. The summed E-state index contributed by atoms with van der Waals surface area (Å²) in [4.78, 5) is 11.0. The number of alkyl halides is 3. The quantitative estimate of drug-likeness (QED) is 0.629. The minimum absolute atomic E-state index is 0.0366. The largest absolute Gasteiger partial charge is 0.543 e. The van der Waals surface area contributed by atoms with Crippen molar-refractivity contribution >= 4 is 34.2 Å². The highest BCUT2D eigenvalue weighted by Gasteiger charge is 2.38. The Kier molecular flexibility index (Phi) is 5.39. The molecule has 0 spiro atoms. The van der Waals surface area contributed by atoms with E-state index < -0.39 is 23.3 Å². The molecule has 4 N–H and O–H groups in total. The van der Waals surface area contributed by atoms with E-state index in [1.165, 1.54) is 14.0 Å². The second-order valence-electron chi connectivity index (χ2n) is 3.78. The first-order valence-corrected chi connectivity index (χ1v) is 7.32. The molecule has 0 amide bonds. The molecule has 0 radical (unpaired) electrons. The van der Waals surface area contributed by atoms with Crippen LogP contribution in [0.3, 0.4) is 0 Å². The fraction of sp³-hybridized carbons (Fsp3) is 0.444. The number of carboxylic acid groups (broad SMARTS) is 1. The van der Waals surface area contributed by atoms with Gasteiger partial charge in [-0.1, -0.05) is 18.5 Å². The van der Waals surface area contributed by atoms with E-state index in [0.717, 1.165) is 10.8 Å². The van der Waals surface area contributed by atoms with Crippen molar-refractivity contribution < 1.29 is 31.8 Å². The van der Waals surface area contributed by atoms with Crippen molar-refractivity contribution in [3.8, 4) is 0 Å². The molecule has 12 heteroatoms. The molecule has 1 atom stereocenters. The summed E-state index contributed by atoms with van der Waals surface area (Å²) in [5.74, 6) is -1.37. The molecule has 0 aromatic carbocycles. The fourth-order valence-electron chi connectivity index (χ4n) is 1.48. The number of hydrogen-bond acceptors (Lipinski definition) is 5. The van der Waals surface area contributed by atoms with Crippen LogP contribution >= 0.6 is 22.6 Å². The average Bonchev–Trinajstić information content (AvgIpc) is 2.50. The van der Waals surface area contributed by atoms with Gasteiger partial charge in [0.2, 0.25) is 0 Å². The van der Waals surface area contributed by atoms with E-state index in [0.29, 0.717) is 0 Å². The maximum atomic E-state index is 12.3. The summed E-state index contributed by atoms with van der Waals surface area (Å²) >= 11 is 5.78. The van der Waals surface area contributed by atoms with Gasteiger partial charge in [-0.3, -0.25) is 9.27 Å². The molecule has 1 heterocycles. The summed E-state index contributed by atoms with van der Waals surface area (Å²) in [6.07, 6.45) is -3.98. The van der Waals surface area contributed by atoms with Gasteiger partial charge >= 0.3 is 12.3 Å². The second-order valence-corrected chi connectivity index (χ2v) is 5.87. The van der Waals surface area contributed by atoms with Crippen molar-refractivity contribution in [2.24, 2.45) is 7.05 Å². The molecule has 7 nitrogen and oxygen atoms in total. The van der Waals surface area contributed by atoms with Gasteiger partial charge in [0.1, 0.15) is 5.69 Å². The van der Waals surface area contributed by atoms with Gasteiger partial charge in [-0.25, -0.2) is 9.52 Å². The molecule has 0 aliphatic heterocycles. The first-order valence-electron chi connectivity index (χ1n) is 5.42.